The Hall–Kier alpha value is -0.564. The van der Waals surface area contributed by atoms with Crippen LogP contribution in [0, 0.1) is 0 Å². The van der Waals surface area contributed by atoms with Crippen molar-refractivity contribution in [2.75, 3.05) is 13.1 Å². The van der Waals surface area contributed by atoms with Gasteiger partial charge in [-0.2, -0.15) is 0 Å². The SMILES string of the molecule is O=C(O)CCN(CC(=O)O)[C@H](C(=O)O)C(O)C(=O)O.[KH]. The van der Waals surface area contributed by atoms with Gasteiger partial charge in [-0.05, 0) is 0 Å². The van der Waals surface area contributed by atoms with E-state index in [1.165, 1.54) is 0 Å². The molecule has 10 nitrogen and oxygen atoms in total. The van der Waals surface area contributed by atoms with Gasteiger partial charge in [-0.25, -0.2) is 4.79 Å². The first kappa shape index (κ1) is 21.7. The second-order valence-electron chi connectivity index (χ2n) is 3.57. The standard InChI is InChI=1S/C9H13NO9.K.H/c11-4(12)1-2-10(3-5(13)14)6(8(16)17)7(15)9(18)19;;/h6-7,15H,1-3H2,(H,11,12)(H,13,14)(H,16,17)(H,18,19);;/t6-,7?;;/m0../s1. The Morgan fingerprint density at radius 2 is 1.40 bits per heavy atom. The van der Waals surface area contributed by atoms with Crippen molar-refractivity contribution in [3.63, 3.8) is 0 Å². The number of carboxylic acid groups (broad SMARTS) is 4. The summed E-state index contributed by atoms with van der Waals surface area (Å²) in [6, 6.07) is -2.05. The first-order valence-electron chi connectivity index (χ1n) is 4.98. The molecule has 20 heavy (non-hydrogen) atoms. The molecule has 0 saturated carbocycles. The number of aliphatic hydroxyl groups excluding tert-OH is 1. The molecule has 0 saturated heterocycles. The minimum atomic E-state index is -2.37. The van der Waals surface area contributed by atoms with Gasteiger partial charge in [0.2, 0.25) is 0 Å². The maximum atomic E-state index is 10.9. The Balaban J connectivity index is 0. The predicted molar refractivity (Wildman–Crippen MR) is 63.7 cm³/mol. The number of carbonyl (C=O) groups is 4. The first-order chi connectivity index (χ1) is 8.66. The summed E-state index contributed by atoms with van der Waals surface area (Å²) in [5.74, 6) is -6.40. The van der Waals surface area contributed by atoms with E-state index in [-0.39, 0.29) is 51.4 Å². The van der Waals surface area contributed by atoms with Crippen LogP contribution in [0.5, 0.6) is 0 Å². The van der Waals surface area contributed by atoms with E-state index in [1.807, 2.05) is 0 Å². The molecule has 0 aromatic rings. The van der Waals surface area contributed by atoms with E-state index in [9.17, 15) is 24.3 Å². The molecule has 0 aliphatic carbocycles. The van der Waals surface area contributed by atoms with Crippen LogP contribution in [0.3, 0.4) is 0 Å². The topological polar surface area (TPSA) is 173 Å². The number of rotatable bonds is 9. The maximum absolute atomic E-state index is 10.9. The van der Waals surface area contributed by atoms with Crippen LogP contribution in [0.15, 0.2) is 0 Å². The second-order valence-corrected chi connectivity index (χ2v) is 3.57. The fourth-order valence-electron chi connectivity index (χ4n) is 1.36. The van der Waals surface area contributed by atoms with Crippen molar-refractivity contribution in [2.45, 2.75) is 18.6 Å². The summed E-state index contributed by atoms with van der Waals surface area (Å²) in [5, 5.41) is 43.7. The Labute approximate surface area is 155 Å². The molecule has 0 aliphatic heterocycles. The molecule has 0 aromatic carbocycles. The number of hydrogen-bond donors (Lipinski definition) is 5. The van der Waals surface area contributed by atoms with E-state index >= 15 is 0 Å². The van der Waals surface area contributed by atoms with Gasteiger partial charge in [-0.3, -0.25) is 19.3 Å². The summed E-state index contributed by atoms with van der Waals surface area (Å²) >= 11 is 0. The van der Waals surface area contributed by atoms with Gasteiger partial charge in [0.25, 0.3) is 0 Å². The molecule has 2 atom stereocenters. The monoisotopic (exact) mass is 319 g/mol. The van der Waals surface area contributed by atoms with E-state index in [4.69, 9.17) is 20.4 Å². The zero-order valence-electron chi connectivity index (χ0n) is 9.59. The van der Waals surface area contributed by atoms with Crippen LogP contribution in [-0.2, 0) is 19.2 Å². The molecule has 0 fully saturated rings. The molecule has 0 heterocycles. The Morgan fingerprint density at radius 3 is 1.70 bits per heavy atom. The quantitative estimate of drug-likeness (QED) is 0.277. The number of nitrogens with zero attached hydrogens (tertiary/aromatic N) is 1. The summed E-state index contributed by atoms with van der Waals surface area (Å²) in [4.78, 5) is 43.0. The molecule has 5 N–H and O–H groups in total. The third-order valence-corrected chi connectivity index (χ3v) is 2.15. The zero-order valence-corrected chi connectivity index (χ0v) is 9.59. The van der Waals surface area contributed by atoms with Gasteiger partial charge < -0.3 is 25.5 Å². The number of aliphatic hydroxyl groups is 1. The second kappa shape index (κ2) is 10.2. The van der Waals surface area contributed by atoms with Gasteiger partial charge >= 0.3 is 75.3 Å². The van der Waals surface area contributed by atoms with Gasteiger partial charge in [0.1, 0.15) is 6.04 Å². The van der Waals surface area contributed by atoms with Crippen molar-refractivity contribution in [3.8, 4) is 0 Å². The van der Waals surface area contributed by atoms with Crippen LogP contribution >= 0.6 is 0 Å². The molecule has 0 amide bonds. The Bertz CT molecular complexity index is 386. The molecule has 0 aromatic heterocycles. The van der Waals surface area contributed by atoms with Crippen molar-refractivity contribution in [1.82, 2.24) is 4.90 Å². The van der Waals surface area contributed by atoms with Gasteiger partial charge in [0.05, 0.1) is 13.0 Å². The molecule has 0 spiro atoms. The summed E-state index contributed by atoms with van der Waals surface area (Å²) in [6.07, 6.45) is -2.96. The van der Waals surface area contributed by atoms with E-state index in [2.05, 4.69) is 0 Å². The molecule has 1 unspecified atom stereocenters. The molecule has 0 radical (unpaired) electrons. The van der Waals surface area contributed by atoms with Gasteiger partial charge in [0.15, 0.2) is 6.10 Å². The molecular formula is C9H14KNO9. The van der Waals surface area contributed by atoms with E-state index in [1.54, 1.807) is 0 Å². The third kappa shape index (κ3) is 7.89. The van der Waals surface area contributed by atoms with Gasteiger partial charge in [0, 0.05) is 6.54 Å². The minimum absolute atomic E-state index is 0. The summed E-state index contributed by atoms with van der Waals surface area (Å²) in [5.41, 5.74) is 0. The van der Waals surface area contributed by atoms with Crippen LogP contribution < -0.4 is 0 Å². The number of hydrogen-bond acceptors (Lipinski definition) is 6. The number of aliphatic carboxylic acids is 4. The summed E-state index contributed by atoms with van der Waals surface area (Å²) in [7, 11) is 0. The van der Waals surface area contributed by atoms with Gasteiger partial charge in [-0.1, -0.05) is 0 Å². The molecule has 0 aliphatic rings. The van der Waals surface area contributed by atoms with E-state index < -0.39 is 55.5 Å². The third-order valence-electron chi connectivity index (χ3n) is 2.15. The zero-order chi connectivity index (χ0) is 15.2. The van der Waals surface area contributed by atoms with Crippen LogP contribution in [0.1, 0.15) is 6.42 Å². The molecule has 0 bridgehead atoms. The van der Waals surface area contributed by atoms with Crippen LogP contribution in [0.2, 0.25) is 0 Å². The van der Waals surface area contributed by atoms with Gasteiger partial charge in [-0.15, -0.1) is 0 Å². The van der Waals surface area contributed by atoms with E-state index in [0.717, 1.165) is 0 Å². The van der Waals surface area contributed by atoms with Crippen molar-refractivity contribution < 1.29 is 44.7 Å². The average Bonchev–Trinajstić information content (AvgIpc) is 2.24. The van der Waals surface area contributed by atoms with Crippen molar-refractivity contribution >= 4 is 75.3 Å². The average molecular weight is 319 g/mol. The number of carboxylic acids is 4. The fourth-order valence-corrected chi connectivity index (χ4v) is 1.36. The van der Waals surface area contributed by atoms with Crippen molar-refractivity contribution in [1.29, 1.82) is 0 Å². The van der Waals surface area contributed by atoms with E-state index in [0.29, 0.717) is 4.90 Å². The summed E-state index contributed by atoms with van der Waals surface area (Å²) < 4.78 is 0. The van der Waals surface area contributed by atoms with Crippen LogP contribution in [0.4, 0.5) is 0 Å². The van der Waals surface area contributed by atoms with Crippen molar-refractivity contribution in [3.05, 3.63) is 0 Å². The molecule has 0 rings (SSSR count). The summed E-state index contributed by atoms with van der Waals surface area (Å²) in [6.45, 7) is -1.43. The predicted octanol–water partition coefficient (Wildman–Crippen LogP) is -2.90. The van der Waals surface area contributed by atoms with Crippen LogP contribution in [-0.4, -0.2) is 131 Å². The van der Waals surface area contributed by atoms with Crippen LogP contribution in [0.25, 0.3) is 0 Å². The normalized spacial score (nSPS) is 13.1. The molecular weight excluding hydrogens is 305 g/mol. The Morgan fingerprint density at radius 1 is 0.900 bits per heavy atom. The van der Waals surface area contributed by atoms with Crippen molar-refractivity contribution in [2.24, 2.45) is 0 Å². The molecule has 11 heteroatoms. The Kier molecular flexibility index (Phi) is 11.1. The fraction of sp³-hybridized carbons (Fsp3) is 0.556. The molecule has 110 valence electrons. The first-order valence-corrected chi connectivity index (χ1v) is 4.98.